The summed E-state index contributed by atoms with van der Waals surface area (Å²) in [5.74, 6) is 1.33. The second-order valence-electron chi connectivity index (χ2n) is 4.33. The van der Waals surface area contributed by atoms with Crippen LogP contribution in [0.5, 0.6) is 11.5 Å². The highest BCUT2D eigenvalue weighted by atomic mass is 35.5. The van der Waals surface area contributed by atoms with Crippen molar-refractivity contribution in [2.45, 2.75) is 12.8 Å². The highest BCUT2D eigenvalue weighted by Crippen LogP contribution is 2.12. The first-order valence-corrected chi connectivity index (χ1v) is 6.82. The zero-order valence-corrected chi connectivity index (χ0v) is 11.9. The molecule has 0 saturated heterocycles. The summed E-state index contributed by atoms with van der Waals surface area (Å²) in [6.07, 6.45) is 1.52. The second kappa shape index (κ2) is 7.01. The number of ether oxygens (including phenoxy) is 2. The maximum Gasteiger partial charge on any atom is 0.223 e. The van der Waals surface area contributed by atoms with Crippen LogP contribution in [-0.4, -0.2) is 18.2 Å². The van der Waals surface area contributed by atoms with Crippen molar-refractivity contribution >= 4 is 11.6 Å². The first-order valence-electron chi connectivity index (χ1n) is 6.29. The molecule has 20 heavy (non-hydrogen) atoms. The van der Waals surface area contributed by atoms with E-state index in [0.717, 1.165) is 11.3 Å². The predicted molar refractivity (Wildman–Crippen MR) is 78.8 cm³/mol. The Hall–Kier alpha value is -1.94. The molecule has 2 rings (SSSR count). The lowest BCUT2D eigenvalue weighted by Crippen LogP contribution is -2.14. The van der Waals surface area contributed by atoms with Gasteiger partial charge in [0, 0.05) is 18.0 Å². The van der Waals surface area contributed by atoms with Crippen LogP contribution in [0.1, 0.15) is 11.3 Å². The quantitative estimate of drug-likeness (QED) is 0.658. The van der Waals surface area contributed by atoms with Crippen molar-refractivity contribution in [1.82, 2.24) is 4.98 Å². The van der Waals surface area contributed by atoms with Crippen LogP contribution in [0.15, 0.2) is 41.3 Å². The zero-order chi connectivity index (χ0) is 14.4. The topological polar surface area (TPSA) is 51.3 Å². The number of benzene rings is 1. The summed E-state index contributed by atoms with van der Waals surface area (Å²) in [4.78, 5) is 14.6. The van der Waals surface area contributed by atoms with Crippen molar-refractivity contribution in [3.05, 3.63) is 58.0 Å². The molecular formula is C15H16ClNO3. The normalized spacial score (nSPS) is 10.3. The maximum absolute atomic E-state index is 11.7. The minimum atomic E-state index is -0.185. The van der Waals surface area contributed by atoms with Crippen LogP contribution in [-0.2, 0) is 5.88 Å². The molecule has 0 aliphatic rings. The molecule has 0 spiro atoms. The lowest BCUT2D eigenvalue weighted by Gasteiger charge is -2.08. The number of aromatic amines is 1. The van der Waals surface area contributed by atoms with Crippen LogP contribution in [0.25, 0.3) is 0 Å². The Morgan fingerprint density at radius 2 is 2.00 bits per heavy atom. The molecule has 0 fully saturated rings. The van der Waals surface area contributed by atoms with E-state index >= 15 is 0 Å². The smallest absolute Gasteiger partial charge is 0.223 e. The first kappa shape index (κ1) is 14.5. The Bertz CT molecular complexity index is 625. The third-order valence-electron chi connectivity index (χ3n) is 2.68. The van der Waals surface area contributed by atoms with Gasteiger partial charge in [0.1, 0.15) is 19.0 Å². The van der Waals surface area contributed by atoms with Gasteiger partial charge in [0.25, 0.3) is 0 Å². The van der Waals surface area contributed by atoms with E-state index in [-0.39, 0.29) is 17.1 Å². The monoisotopic (exact) mass is 293 g/mol. The molecule has 0 unspecified atom stereocenters. The fraction of sp³-hybridized carbons (Fsp3) is 0.267. The van der Waals surface area contributed by atoms with Crippen molar-refractivity contribution in [3.8, 4) is 11.5 Å². The van der Waals surface area contributed by atoms with E-state index < -0.39 is 0 Å². The molecule has 0 atom stereocenters. The number of alkyl halides is 1. The molecule has 2 aromatic rings. The van der Waals surface area contributed by atoms with Crippen LogP contribution in [0.3, 0.4) is 0 Å². The Balaban J connectivity index is 1.83. The molecule has 1 aromatic carbocycles. The van der Waals surface area contributed by atoms with E-state index in [1.165, 1.54) is 12.3 Å². The summed E-state index contributed by atoms with van der Waals surface area (Å²) in [7, 11) is 0. The van der Waals surface area contributed by atoms with E-state index in [1.54, 1.807) is 0 Å². The van der Waals surface area contributed by atoms with Gasteiger partial charge < -0.3 is 14.5 Å². The van der Waals surface area contributed by atoms with E-state index in [0.29, 0.717) is 18.9 Å². The molecule has 0 aliphatic heterocycles. The predicted octanol–water partition coefficient (Wildman–Crippen LogP) is 2.88. The number of rotatable bonds is 6. The molecule has 1 aromatic heterocycles. The molecule has 0 aliphatic carbocycles. The Kier molecular flexibility index (Phi) is 5.07. The van der Waals surface area contributed by atoms with Crippen molar-refractivity contribution in [1.29, 1.82) is 0 Å². The van der Waals surface area contributed by atoms with Crippen LogP contribution < -0.4 is 14.9 Å². The third kappa shape index (κ3) is 4.03. The van der Waals surface area contributed by atoms with Crippen molar-refractivity contribution in [2.24, 2.45) is 0 Å². The van der Waals surface area contributed by atoms with Crippen molar-refractivity contribution in [3.63, 3.8) is 0 Å². The average molecular weight is 294 g/mol. The molecule has 0 saturated carbocycles. The SMILES string of the molecule is Cc1cccc(OCCOc2c[nH]c(CCl)cc2=O)c1. The van der Waals surface area contributed by atoms with E-state index in [9.17, 15) is 4.79 Å². The summed E-state index contributed by atoms with van der Waals surface area (Å²) in [5.41, 5.74) is 1.62. The number of hydrogen-bond acceptors (Lipinski definition) is 3. The summed E-state index contributed by atoms with van der Waals surface area (Å²) in [6, 6.07) is 9.20. The van der Waals surface area contributed by atoms with Gasteiger partial charge in [-0.2, -0.15) is 0 Å². The van der Waals surface area contributed by atoms with Crippen LogP contribution in [0.4, 0.5) is 0 Å². The highest BCUT2D eigenvalue weighted by molar-refractivity contribution is 6.16. The number of nitrogens with one attached hydrogen (secondary N) is 1. The first-order chi connectivity index (χ1) is 9.69. The molecule has 1 heterocycles. The van der Waals surface area contributed by atoms with Crippen LogP contribution in [0, 0.1) is 6.92 Å². The summed E-state index contributed by atoms with van der Waals surface area (Å²) in [5, 5.41) is 0. The number of hydrogen-bond donors (Lipinski definition) is 1. The molecule has 5 heteroatoms. The molecule has 0 bridgehead atoms. The lowest BCUT2D eigenvalue weighted by molar-refractivity contribution is 0.215. The summed E-state index contributed by atoms with van der Waals surface area (Å²) >= 11 is 5.63. The van der Waals surface area contributed by atoms with Gasteiger partial charge in [0.2, 0.25) is 5.43 Å². The molecule has 0 amide bonds. The minimum absolute atomic E-state index is 0.185. The summed E-state index contributed by atoms with van der Waals surface area (Å²) < 4.78 is 10.9. The maximum atomic E-state index is 11.7. The van der Waals surface area contributed by atoms with Gasteiger partial charge in [-0.1, -0.05) is 12.1 Å². The summed E-state index contributed by atoms with van der Waals surface area (Å²) in [6.45, 7) is 2.68. The Labute approximate surface area is 122 Å². The number of pyridine rings is 1. The fourth-order valence-corrected chi connectivity index (χ4v) is 1.86. The highest BCUT2D eigenvalue weighted by Gasteiger charge is 2.02. The number of aromatic nitrogens is 1. The van der Waals surface area contributed by atoms with Gasteiger partial charge in [0.15, 0.2) is 5.75 Å². The largest absolute Gasteiger partial charge is 0.490 e. The molecule has 1 N–H and O–H groups in total. The van der Waals surface area contributed by atoms with Gasteiger partial charge >= 0.3 is 0 Å². The minimum Gasteiger partial charge on any atom is -0.490 e. The van der Waals surface area contributed by atoms with Crippen molar-refractivity contribution in [2.75, 3.05) is 13.2 Å². The Morgan fingerprint density at radius 1 is 1.20 bits per heavy atom. The van der Waals surface area contributed by atoms with E-state index in [1.807, 2.05) is 31.2 Å². The van der Waals surface area contributed by atoms with Crippen molar-refractivity contribution < 1.29 is 9.47 Å². The van der Waals surface area contributed by atoms with Gasteiger partial charge in [-0.05, 0) is 24.6 Å². The molecule has 4 nitrogen and oxygen atoms in total. The third-order valence-corrected chi connectivity index (χ3v) is 2.97. The average Bonchev–Trinajstić information content (AvgIpc) is 2.45. The van der Waals surface area contributed by atoms with Gasteiger partial charge in [0.05, 0.1) is 5.88 Å². The number of H-pyrrole nitrogens is 1. The lowest BCUT2D eigenvalue weighted by atomic mass is 10.2. The van der Waals surface area contributed by atoms with Crippen LogP contribution in [0.2, 0.25) is 0 Å². The molecule has 0 radical (unpaired) electrons. The Morgan fingerprint density at radius 3 is 2.70 bits per heavy atom. The number of aryl methyl sites for hydroxylation is 1. The number of halogens is 1. The van der Waals surface area contributed by atoms with Gasteiger partial charge in [-0.3, -0.25) is 4.79 Å². The molecule has 106 valence electrons. The van der Waals surface area contributed by atoms with E-state index in [4.69, 9.17) is 21.1 Å². The second-order valence-corrected chi connectivity index (χ2v) is 4.60. The van der Waals surface area contributed by atoms with Crippen LogP contribution >= 0.6 is 11.6 Å². The van der Waals surface area contributed by atoms with Gasteiger partial charge in [-0.25, -0.2) is 0 Å². The van der Waals surface area contributed by atoms with Gasteiger partial charge in [-0.15, -0.1) is 11.6 Å². The standard InChI is InChI=1S/C15H16ClNO3/c1-11-3-2-4-13(7-11)19-5-6-20-15-10-17-12(9-16)8-14(15)18/h2-4,7-8,10H,5-6,9H2,1H3,(H,17,18). The zero-order valence-electron chi connectivity index (χ0n) is 11.2. The van der Waals surface area contributed by atoms with E-state index in [2.05, 4.69) is 4.98 Å². The molecular weight excluding hydrogens is 278 g/mol. The fourth-order valence-electron chi connectivity index (χ4n) is 1.71.